The molecule has 1 fully saturated rings. The first-order valence-corrected chi connectivity index (χ1v) is 6.34. The number of benzene rings is 1. The van der Waals surface area contributed by atoms with Crippen LogP contribution in [-0.4, -0.2) is 31.7 Å². The van der Waals surface area contributed by atoms with Gasteiger partial charge in [0, 0.05) is 18.8 Å². The number of carbonyl (C=O) groups excluding carboxylic acids is 1. The maximum atomic E-state index is 11.9. The second kappa shape index (κ2) is 7.48. The summed E-state index contributed by atoms with van der Waals surface area (Å²) >= 11 is 0. The quantitative estimate of drug-likeness (QED) is 0.893. The zero-order chi connectivity index (χ0) is 13.0. The summed E-state index contributed by atoms with van der Waals surface area (Å²) < 4.78 is 5.52. The number of ether oxygens (including phenoxy) is 1. The summed E-state index contributed by atoms with van der Waals surface area (Å²) in [6, 6.07) is 6.05. The average Bonchev–Trinajstić information content (AvgIpc) is 2.35. The van der Waals surface area contributed by atoms with Gasteiger partial charge in [0.1, 0.15) is 0 Å². The lowest BCUT2D eigenvalue weighted by Gasteiger charge is -2.23. The van der Waals surface area contributed by atoms with Gasteiger partial charge in [-0.15, -0.1) is 12.4 Å². The fourth-order valence-corrected chi connectivity index (χ4v) is 2.03. The van der Waals surface area contributed by atoms with Crippen molar-refractivity contribution in [2.75, 3.05) is 25.0 Å². The Morgan fingerprint density at radius 1 is 1.47 bits per heavy atom. The molecule has 1 heterocycles. The molecular formula is C14H21ClN2O2. The smallest absolute Gasteiger partial charge is 0.227 e. The number of carbonyl (C=O) groups is 1. The predicted octanol–water partition coefficient (Wildman–Crippen LogP) is 2.04. The number of morpholine rings is 1. The number of hydrogen-bond donors (Lipinski definition) is 2. The van der Waals surface area contributed by atoms with Crippen LogP contribution >= 0.6 is 12.4 Å². The molecule has 4 nitrogen and oxygen atoms in total. The van der Waals surface area contributed by atoms with Gasteiger partial charge in [-0.3, -0.25) is 4.79 Å². The Kier molecular flexibility index (Phi) is 6.28. The van der Waals surface area contributed by atoms with Crippen molar-refractivity contribution in [2.45, 2.75) is 26.4 Å². The van der Waals surface area contributed by atoms with Crippen LogP contribution in [0.4, 0.5) is 5.69 Å². The first-order chi connectivity index (χ1) is 8.65. The molecule has 1 aromatic rings. The zero-order valence-electron chi connectivity index (χ0n) is 11.4. The lowest BCUT2D eigenvalue weighted by atomic mass is 10.1. The van der Waals surface area contributed by atoms with Gasteiger partial charge >= 0.3 is 0 Å². The summed E-state index contributed by atoms with van der Waals surface area (Å²) in [6.45, 7) is 6.31. The van der Waals surface area contributed by atoms with E-state index in [4.69, 9.17) is 4.74 Å². The van der Waals surface area contributed by atoms with Crippen LogP contribution < -0.4 is 10.6 Å². The Balaban J connectivity index is 0.00000180. The minimum absolute atomic E-state index is 0. The Hall–Kier alpha value is -1.10. The van der Waals surface area contributed by atoms with Crippen LogP contribution in [0.2, 0.25) is 0 Å². The minimum Gasteiger partial charge on any atom is -0.375 e. The minimum atomic E-state index is -0.0103. The molecule has 0 aromatic heterocycles. The van der Waals surface area contributed by atoms with Gasteiger partial charge < -0.3 is 15.4 Å². The van der Waals surface area contributed by atoms with Gasteiger partial charge in [-0.1, -0.05) is 12.1 Å². The van der Waals surface area contributed by atoms with Crippen molar-refractivity contribution < 1.29 is 9.53 Å². The molecule has 106 valence electrons. The van der Waals surface area contributed by atoms with Crippen molar-refractivity contribution in [3.8, 4) is 0 Å². The van der Waals surface area contributed by atoms with Crippen LogP contribution in [0, 0.1) is 13.8 Å². The Morgan fingerprint density at radius 2 is 2.26 bits per heavy atom. The fourth-order valence-electron chi connectivity index (χ4n) is 2.03. The third-order valence-corrected chi connectivity index (χ3v) is 3.08. The van der Waals surface area contributed by atoms with Gasteiger partial charge in [0.25, 0.3) is 0 Å². The van der Waals surface area contributed by atoms with Crippen molar-refractivity contribution in [1.29, 1.82) is 0 Å². The van der Waals surface area contributed by atoms with Gasteiger partial charge in [-0.25, -0.2) is 0 Å². The molecule has 0 bridgehead atoms. The maximum absolute atomic E-state index is 11.9. The van der Waals surface area contributed by atoms with Crippen molar-refractivity contribution >= 4 is 24.0 Å². The summed E-state index contributed by atoms with van der Waals surface area (Å²) in [5, 5.41) is 6.17. The molecule has 0 aliphatic carbocycles. The van der Waals surface area contributed by atoms with Crippen LogP contribution in [0.1, 0.15) is 17.5 Å². The van der Waals surface area contributed by atoms with E-state index in [0.29, 0.717) is 13.0 Å². The Bertz CT molecular complexity index is 431. The number of aryl methyl sites for hydroxylation is 2. The van der Waals surface area contributed by atoms with Crippen molar-refractivity contribution in [3.63, 3.8) is 0 Å². The predicted molar refractivity (Wildman–Crippen MR) is 79.0 cm³/mol. The Labute approximate surface area is 120 Å². The standard InChI is InChI=1S/C14H20N2O2.ClH/c1-10-3-4-11(2)13(7-10)16-14(17)8-12-9-15-5-6-18-12;/h3-4,7,12,15H,5-6,8-9H2,1-2H3,(H,16,17);1H. The number of amides is 1. The number of anilines is 1. The maximum Gasteiger partial charge on any atom is 0.227 e. The second-order valence-corrected chi connectivity index (χ2v) is 4.77. The summed E-state index contributed by atoms with van der Waals surface area (Å²) in [5.74, 6) is 0.0115. The molecule has 2 rings (SSSR count). The molecule has 5 heteroatoms. The molecule has 19 heavy (non-hydrogen) atoms. The van der Waals surface area contributed by atoms with Gasteiger partial charge in [0.05, 0.1) is 19.1 Å². The molecule has 0 saturated carbocycles. The average molecular weight is 285 g/mol. The van der Waals surface area contributed by atoms with Crippen molar-refractivity contribution in [2.24, 2.45) is 0 Å². The lowest BCUT2D eigenvalue weighted by Crippen LogP contribution is -2.40. The molecule has 1 aliphatic rings. The molecule has 2 N–H and O–H groups in total. The van der Waals surface area contributed by atoms with E-state index in [0.717, 1.165) is 29.9 Å². The first-order valence-electron chi connectivity index (χ1n) is 6.34. The van der Waals surface area contributed by atoms with Gasteiger partial charge in [0.15, 0.2) is 0 Å². The Morgan fingerprint density at radius 3 is 2.95 bits per heavy atom. The lowest BCUT2D eigenvalue weighted by molar-refractivity contribution is -0.119. The third-order valence-electron chi connectivity index (χ3n) is 3.08. The largest absolute Gasteiger partial charge is 0.375 e. The normalized spacial score (nSPS) is 18.5. The molecule has 0 spiro atoms. The van der Waals surface area contributed by atoms with Crippen LogP contribution in [0.5, 0.6) is 0 Å². The monoisotopic (exact) mass is 284 g/mol. The van der Waals surface area contributed by atoms with Crippen LogP contribution in [0.15, 0.2) is 18.2 Å². The summed E-state index contributed by atoms with van der Waals surface area (Å²) in [7, 11) is 0. The number of halogens is 1. The van der Waals surface area contributed by atoms with Gasteiger partial charge in [-0.2, -0.15) is 0 Å². The SMILES string of the molecule is Cc1ccc(C)c(NC(=O)CC2CNCCO2)c1.Cl. The van der Waals surface area contributed by atoms with E-state index in [2.05, 4.69) is 10.6 Å². The fraction of sp³-hybridized carbons (Fsp3) is 0.500. The van der Waals surface area contributed by atoms with Gasteiger partial charge in [0.2, 0.25) is 5.91 Å². The highest BCUT2D eigenvalue weighted by atomic mass is 35.5. The first kappa shape index (κ1) is 16.0. The molecular weight excluding hydrogens is 264 g/mol. The summed E-state index contributed by atoms with van der Waals surface area (Å²) in [6.07, 6.45) is 0.393. The summed E-state index contributed by atoms with van der Waals surface area (Å²) in [5.41, 5.74) is 3.12. The molecule has 0 radical (unpaired) electrons. The highest BCUT2D eigenvalue weighted by Crippen LogP contribution is 2.17. The van der Waals surface area contributed by atoms with Crippen molar-refractivity contribution in [3.05, 3.63) is 29.3 Å². The van der Waals surface area contributed by atoms with E-state index < -0.39 is 0 Å². The molecule has 1 unspecified atom stereocenters. The van der Waals surface area contributed by atoms with E-state index in [1.807, 2.05) is 32.0 Å². The number of hydrogen-bond acceptors (Lipinski definition) is 3. The van der Waals surface area contributed by atoms with Crippen LogP contribution in [0.25, 0.3) is 0 Å². The molecule has 1 amide bonds. The van der Waals surface area contributed by atoms with Crippen LogP contribution in [0.3, 0.4) is 0 Å². The highest BCUT2D eigenvalue weighted by molar-refractivity contribution is 5.91. The number of rotatable bonds is 3. The summed E-state index contributed by atoms with van der Waals surface area (Å²) in [4.78, 5) is 11.9. The van der Waals surface area contributed by atoms with E-state index >= 15 is 0 Å². The number of nitrogens with one attached hydrogen (secondary N) is 2. The molecule has 1 saturated heterocycles. The zero-order valence-corrected chi connectivity index (χ0v) is 12.2. The van der Waals surface area contributed by atoms with E-state index in [1.165, 1.54) is 0 Å². The van der Waals surface area contributed by atoms with Crippen molar-refractivity contribution in [1.82, 2.24) is 5.32 Å². The topological polar surface area (TPSA) is 50.4 Å². The molecule has 1 atom stereocenters. The molecule has 1 aromatic carbocycles. The highest BCUT2D eigenvalue weighted by Gasteiger charge is 2.17. The second-order valence-electron chi connectivity index (χ2n) is 4.77. The van der Waals surface area contributed by atoms with E-state index in [-0.39, 0.29) is 24.4 Å². The van der Waals surface area contributed by atoms with Crippen LogP contribution in [-0.2, 0) is 9.53 Å². The van der Waals surface area contributed by atoms with E-state index in [9.17, 15) is 4.79 Å². The van der Waals surface area contributed by atoms with E-state index in [1.54, 1.807) is 0 Å². The third kappa shape index (κ3) is 4.82. The molecule has 1 aliphatic heterocycles. The van der Waals surface area contributed by atoms with Gasteiger partial charge in [-0.05, 0) is 31.0 Å².